The fourth-order valence-electron chi connectivity index (χ4n) is 5.06. The van der Waals surface area contributed by atoms with Crippen LogP contribution < -0.4 is 10.6 Å². The molecule has 8 nitrogen and oxygen atoms in total. The molecule has 1 fully saturated rings. The van der Waals surface area contributed by atoms with Crippen LogP contribution in [-0.2, 0) is 14.3 Å². The van der Waals surface area contributed by atoms with Crippen molar-refractivity contribution in [1.82, 2.24) is 10.6 Å². The molecule has 0 bridgehead atoms. The Kier molecular flexibility index (Phi) is 7.47. The maximum Gasteiger partial charge on any atom is 0.407 e. The number of nitrogens with one attached hydrogen (secondary N) is 2. The van der Waals surface area contributed by atoms with E-state index >= 15 is 0 Å². The van der Waals surface area contributed by atoms with Gasteiger partial charge in [-0.3, -0.25) is 9.59 Å². The minimum Gasteiger partial charge on any atom is -0.481 e. The first-order chi connectivity index (χ1) is 16.4. The first kappa shape index (κ1) is 23.8. The lowest BCUT2D eigenvalue weighted by atomic mass is 9.98. The van der Waals surface area contributed by atoms with Crippen LogP contribution >= 0.6 is 0 Å². The Morgan fingerprint density at radius 2 is 1.65 bits per heavy atom. The third kappa shape index (κ3) is 5.75. The Morgan fingerprint density at radius 1 is 1.00 bits per heavy atom. The summed E-state index contributed by atoms with van der Waals surface area (Å²) in [4.78, 5) is 35.2. The van der Waals surface area contributed by atoms with E-state index in [2.05, 4.69) is 22.8 Å². The summed E-state index contributed by atoms with van der Waals surface area (Å²) >= 11 is 0. The van der Waals surface area contributed by atoms with Crippen molar-refractivity contribution in [2.75, 3.05) is 13.2 Å². The summed E-state index contributed by atoms with van der Waals surface area (Å²) in [6, 6.07) is 16.1. The highest BCUT2D eigenvalue weighted by Crippen LogP contribution is 2.44. The van der Waals surface area contributed by atoms with E-state index in [-0.39, 0.29) is 49.8 Å². The van der Waals surface area contributed by atoms with Gasteiger partial charge in [-0.1, -0.05) is 48.5 Å². The second-order valence-corrected chi connectivity index (χ2v) is 9.11. The van der Waals surface area contributed by atoms with Gasteiger partial charge in [0.2, 0.25) is 5.91 Å². The number of aliphatic carboxylic acids is 1. The summed E-state index contributed by atoms with van der Waals surface area (Å²) in [5.41, 5.74) is 4.52. The molecule has 2 aromatic carbocycles. The van der Waals surface area contributed by atoms with Crippen LogP contribution in [0.2, 0.25) is 0 Å². The molecule has 3 atom stereocenters. The number of carboxylic acid groups (broad SMARTS) is 1. The number of aliphatic hydroxyl groups excluding tert-OH is 1. The summed E-state index contributed by atoms with van der Waals surface area (Å²) in [6.45, 7) is 0.0754. The molecule has 2 aliphatic rings. The first-order valence-corrected chi connectivity index (χ1v) is 11.7. The van der Waals surface area contributed by atoms with Gasteiger partial charge in [-0.15, -0.1) is 0 Å². The first-order valence-electron chi connectivity index (χ1n) is 11.7. The number of carbonyl (C=O) groups excluding carboxylic acids is 2. The fourth-order valence-corrected chi connectivity index (χ4v) is 5.06. The Hall–Kier alpha value is -3.39. The third-order valence-electron chi connectivity index (χ3n) is 6.62. The number of fused-ring (bicyclic) bond motifs is 3. The van der Waals surface area contributed by atoms with Gasteiger partial charge in [-0.2, -0.15) is 0 Å². The lowest BCUT2D eigenvalue weighted by Gasteiger charge is -2.17. The minimum absolute atomic E-state index is 0.0507. The number of rotatable bonds is 9. The average molecular weight is 467 g/mol. The largest absolute Gasteiger partial charge is 0.481 e. The van der Waals surface area contributed by atoms with Gasteiger partial charge in [0.25, 0.3) is 0 Å². The topological polar surface area (TPSA) is 125 Å². The van der Waals surface area contributed by atoms with Crippen molar-refractivity contribution in [2.45, 2.75) is 50.2 Å². The van der Waals surface area contributed by atoms with Gasteiger partial charge >= 0.3 is 12.1 Å². The molecule has 8 heteroatoms. The molecule has 2 amide bonds. The lowest BCUT2D eigenvalue weighted by molar-refractivity contribution is -0.138. The van der Waals surface area contributed by atoms with E-state index in [4.69, 9.17) is 9.84 Å². The highest BCUT2D eigenvalue weighted by molar-refractivity contribution is 5.79. The van der Waals surface area contributed by atoms with E-state index in [9.17, 15) is 19.5 Å². The van der Waals surface area contributed by atoms with E-state index in [0.717, 1.165) is 35.1 Å². The summed E-state index contributed by atoms with van der Waals surface area (Å²) < 4.78 is 5.44. The van der Waals surface area contributed by atoms with Crippen LogP contribution in [0, 0.1) is 5.92 Å². The minimum atomic E-state index is -1.04. The number of alkyl carbamates (subject to hydrolysis) is 1. The molecule has 0 saturated heterocycles. The van der Waals surface area contributed by atoms with Gasteiger partial charge in [-0.25, -0.2) is 4.79 Å². The quantitative estimate of drug-likeness (QED) is 0.450. The van der Waals surface area contributed by atoms with Crippen molar-refractivity contribution in [3.63, 3.8) is 0 Å². The molecule has 0 radical (unpaired) electrons. The second kappa shape index (κ2) is 10.7. The van der Waals surface area contributed by atoms with E-state index in [1.54, 1.807) is 0 Å². The van der Waals surface area contributed by atoms with Crippen LogP contribution in [0.15, 0.2) is 48.5 Å². The normalized spacial score (nSPS) is 19.7. The molecule has 2 aliphatic carbocycles. The highest BCUT2D eigenvalue weighted by atomic mass is 16.5. The molecule has 2 aromatic rings. The number of amides is 2. The Balaban J connectivity index is 1.19. The molecular weight excluding hydrogens is 436 g/mol. The maximum absolute atomic E-state index is 12.2. The van der Waals surface area contributed by atoms with E-state index in [0.29, 0.717) is 6.42 Å². The van der Waals surface area contributed by atoms with Crippen molar-refractivity contribution in [2.24, 2.45) is 5.92 Å². The molecule has 0 aromatic heterocycles. The van der Waals surface area contributed by atoms with Crippen molar-refractivity contribution in [3.05, 3.63) is 59.7 Å². The molecule has 3 unspecified atom stereocenters. The predicted octanol–water partition coefficient (Wildman–Crippen LogP) is 3.04. The molecule has 34 heavy (non-hydrogen) atoms. The fraction of sp³-hybridized carbons (Fsp3) is 0.423. The standard InChI is InChI=1S/C26H30N2O6/c29-18(13-24(30)28-17-10-9-16(11-17)12-25(31)32)14-27-26(33)34-15-23-21-7-3-1-5-19(21)20-6-2-4-8-22(20)23/h1-8,16-18,23,29H,9-15H2,(H,27,33)(H,28,30)(H,31,32). The number of ether oxygens (including phenoxy) is 1. The Labute approximate surface area is 198 Å². The van der Waals surface area contributed by atoms with E-state index in [1.165, 1.54) is 0 Å². The van der Waals surface area contributed by atoms with Crippen LogP contribution in [0.1, 0.15) is 49.1 Å². The molecule has 0 aliphatic heterocycles. The molecule has 4 rings (SSSR count). The van der Waals surface area contributed by atoms with Gasteiger partial charge in [0.15, 0.2) is 0 Å². The number of benzene rings is 2. The number of carboxylic acids is 1. The summed E-state index contributed by atoms with van der Waals surface area (Å²) in [6.07, 6.45) is 0.404. The second-order valence-electron chi connectivity index (χ2n) is 9.11. The number of aliphatic hydroxyl groups is 1. The van der Waals surface area contributed by atoms with Crippen LogP contribution in [0.5, 0.6) is 0 Å². The number of hydrogen-bond donors (Lipinski definition) is 4. The Morgan fingerprint density at radius 3 is 2.29 bits per heavy atom. The van der Waals surface area contributed by atoms with Crippen LogP contribution in [0.3, 0.4) is 0 Å². The van der Waals surface area contributed by atoms with Gasteiger partial charge in [0, 0.05) is 24.9 Å². The molecule has 4 N–H and O–H groups in total. The molecule has 0 heterocycles. The molecule has 0 spiro atoms. The number of hydrogen-bond acceptors (Lipinski definition) is 5. The highest BCUT2D eigenvalue weighted by Gasteiger charge is 2.30. The predicted molar refractivity (Wildman–Crippen MR) is 125 cm³/mol. The van der Waals surface area contributed by atoms with Crippen molar-refractivity contribution in [1.29, 1.82) is 0 Å². The zero-order chi connectivity index (χ0) is 24.1. The van der Waals surface area contributed by atoms with Gasteiger partial charge < -0.3 is 25.6 Å². The zero-order valence-electron chi connectivity index (χ0n) is 18.9. The number of carbonyl (C=O) groups is 3. The average Bonchev–Trinajstić information content (AvgIpc) is 3.37. The third-order valence-corrected chi connectivity index (χ3v) is 6.62. The zero-order valence-corrected chi connectivity index (χ0v) is 18.9. The molecule has 180 valence electrons. The Bertz CT molecular complexity index is 1010. The van der Waals surface area contributed by atoms with Crippen molar-refractivity contribution < 1.29 is 29.3 Å². The SMILES string of the molecule is O=C(O)CC1CCC(NC(=O)CC(O)CNC(=O)OCC2c3ccccc3-c3ccccc32)C1. The lowest BCUT2D eigenvalue weighted by Crippen LogP contribution is -2.39. The van der Waals surface area contributed by atoms with Gasteiger partial charge in [-0.05, 0) is 47.4 Å². The van der Waals surface area contributed by atoms with E-state index in [1.807, 2.05) is 36.4 Å². The smallest absolute Gasteiger partial charge is 0.407 e. The maximum atomic E-state index is 12.2. The van der Waals surface area contributed by atoms with Crippen LogP contribution in [0.25, 0.3) is 11.1 Å². The van der Waals surface area contributed by atoms with Crippen molar-refractivity contribution >= 4 is 18.0 Å². The summed E-state index contributed by atoms with van der Waals surface area (Å²) in [5.74, 6) is -1.12. The monoisotopic (exact) mass is 466 g/mol. The van der Waals surface area contributed by atoms with Gasteiger partial charge in [0.05, 0.1) is 12.5 Å². The summed E-state index contributed by atoms with van der Waals surface area (Å²) in [5, 5.41) is 24.4. The van der Waals surface area contributed by atoms with Crippen molar-refractivity contribution in [3.8, 4) is 11.1 Å². The summed E-state index contributed by atoms with van der Waals surface area (Å²) in [7, 11) is 0. The molecular formula is C26H30N2O6. The van der Waals surface area contributed by atoms with Gasteiger partial charge in [0.1, 0.15) is 6.61 Å². The van der Waals surface area contributed by atoms with E-state index < -0.39 is 18.2 Å². The van der Waals surface area contributed by atoms with Crippen LogP contribution in [-0.4, -0.2) is 53.5 Å². The van der Waals surface area contributed by atoms with Crippen LogP contribution in [0.4, 0.5) is 4.79 Å². The molecule has 1 saturated carbocycles.